The largest absolute Gasteiger partial charge is 0.493 e. The van der Waals surface area contributed by atoms with Crippen molar-refractivity contribution in [2.24, 2.45) is 0 Å². The van der Waals surface area contributed by atoms with Crippen LogP contribution in [0.25, 0.3) is 10.2 Å². The lowest BCUT2D eigenvalue weighted by atomic mass is 10.1. The lowest BCUT2D eigenvalue weighted by Gasteiger charge is -2.28. The molecule has 0 amide bonds. The molecule has 1 aliphatic heterocycles. The summed E-state index contributed by atoms with van der Waals surface area (Å²) in [7, 11) is 4.84. The maximum atomic E-state index is 5.52. The van der Waals surface area contributed by atoms with E-state index in [0.29, 0.717) is 23.7 Å². The number of anilines is 1. The van der Waals surface area contributed by atoms with Crippen molar-refractivity contribution in [1.29, 1.82) is 0 Å². The summed E-state index contributed by atoms with van der Waals surface area (Å²) < 4.78 is 21.9. The number of methoxy groups -OCH3 is 3. The fourth-order valence-corrected chi connectivity index (χ4v) is 4.54. The van der Waals surface area contributed by atoms with Crippen LogP contribution in [0, 0.1) is 6.92 Å². The molecule has 1 aromatic carbocycles. The monoisotopic (exact) mass is 415 g/mol. The van der Waals surface area contributed by atoms with E-state index in [0.717, 1.165) is 53.7 Å². The van der Waals surface area contributed by atoms with Crippen LogP contribution in [0.4, 0.5) is 5.82 Å². The second kappa shape index (κ2) is 8.42. The number of aryl methyl sites for hydroxylation is 1. The molecule has 3 aromatic rings. The molecule has 0 N–H and O–H groups in total. The van der Waals surface area contributed by atoms with Gasteiger partial charge in [0.05, 0.1) is 39.9 Å². The number of morpholine rings is 1. The van der Waals surface area contributed by atoms with Crippen molar-refractivity contribution in [2.75, 3.05) is 52.5 Å². The van der Waals surface area contributed by atoms with Crippen molar-refractivity contribution in [3.8, 4) is 17.2 Å². The van der Waals surface area contributed by atoms with Crippen molar-refractivity contribution >= 4 is 27.4 Å². The maximum Gasteiger partial charge on any atom is 0.203 e. The Labute approximate surface area is 174 Å². The number of rotatable bonds is 6. The van der Waals surface area contributed by atoms with Gasteiger partial charge in [-0.2, -0.15) is 0 Å². The molecule has 0 radical (unpaired) electrons. The minimum absolute atomic E-state index is 0.570. The summed E-state index contributed by atoms with van der Waals surface area (Å²) in [5, 5.41) is 3.29. The minimum Gasteiger partial charge on any atom is -0.493 e. The Bertz CT molecular complexity index is 990. The topological polar surface area (TPSA) is 65.9 Å². The molecule has 1 fully saturated rings. The van der Waals surface area contributed by atoms with Gasteiger partial charge in [0.25, 0.3) is 0 Å². The van der Waals surface area contributed by atoms with E-state index < -0.39 is 0 Å². The van der Waals surface area contributed by atoms with Gasteiger partial charge in [-0.05, 0) is 35.6 Å². The molecule has 2 aromatic heterocycles. The van der Waals surface area contributed by atoms with E-state index in [4.69, 9.17) is 28.9 Å². The zero-order chi connectivity index (χ0) is 20.4. The molecule has 7 nitrogen and oxygen atoms in total. The average Bonchev–Trinajstić information content (AvgIpc) is 3.13. The fraction of sp³-hybridized carbons (Fsp3) is 0.429. The Hall–Kier alpha value is -2.58. The van der Waals surface area contributed by atoms with Gasteiger partial charge in [0.15, 0.2) is 11.5 Å². The van der Waals surface area contributed by atoms with Gasteiger partial charge in [0.2, 0.25) is 5.75 Å². The van der Waals surface area contributed by atoms with Crippen LogP contribution in [0.5, 0.6) is 17.2 Å². The first-order valence-electron chi connectivity index (χ1n) is 9.51. The molecule has 0 spiro atoms. The molecular weight excluding hydrogens is 390 g/mol. The highest BCUT2D eigenvalue weighted by Gasteiger charge is 2.20. The lowest BCUT2D eigenvalue weighted by Crippen LogP contribution is -2.37. The summed E-state index contributed by atoms with van der Waals surface area (Å²) in [6, 6.07) is 3.89. The number of aromatic nitrogens is 2. The molecule has 0 unspecified atom stereocenters. The van der Waals surface area contributed by atoms with Crippen LogP contribution in [0.15, 0.2) is 17.5 Å². The Balaban J connectivity index is 1.75. The van der Waals surface area contributed by atoms with E-state index in [-0.39, 0.29) is 0 Å². The summed E-state index contributed by atoms with van der Waals surface area (Å²) in [5.74, 6) is 3.61. The zero-order valence-electron chi connectivity index (χ0n) is 17.2. The van der Waals surface area contributed by atoms with Crippen LogP contribution >= 0.6 is 11.3 Å². The lowest BCUT2D eigenvalue weighted by molar-refractivity contribution is 0.122. The van der Waals surface area contributed by atoms with E-state index in [9.17, 15) is 0 Å². The van der Waals surface area contributed by atoms with Crippen molar-refractivity contribution in [3.05, 3.63) is 34.5 Å². The first-order chi connectivity index (χ1) is 14.1. The second-order valence-corrected chi connectivity index (χ2v) is 7.73. The molecule has 1 aliphatic rings. The normalized spacial score (nSPS) is 14.3. The third kappa shape index (κ3) is 3.82. The van der Waals surface area contributed by atoms with E-state index in [1.807, 2.05) is 12.1 Å². The van der Waals surface area contributed by atoms with Crippen molar-refractivity contribution in [1.82, 2.24) is 9.97 Å². The molecule has 4 rings (SSSR count). The molecule has 0 aliphatic carbocycles. The molecular formula is C21H25N3O4S. The first-order valence-corrected chi connectivity index (χ1v) is 10.4. The fourth-order valence-electron chi connectivity index (χ4n) is 3.61. The number of fused-ring (bicyclic) bond motifs is 1. The van der Waals surface area contributed by atoms with Crippen LogP contribution < -0.4 is 19.1 Å². The van der Waals surface area contributed by atoms with E-state index in [2.05, 4.69) is 17.2 Å². The third-order valence-corrected chi connectivity index (χ3v) is 6.03. The third-order valence-electron chi connectivity index (χ3n) is 5.04. The highest BCUT2D eigenvalue weighted by atomic mass is 32.1. The van der Waals surface area contributed by atoms with Gasteiger partial charge in [-0.25, -0.2) is 9.97 Å². The van der Waals surface area contributed by atoms with E-state index in [1.165, 1.54) is 5.56 Å². The van der Waals surface area contributed by atoms with Gasteiger partial charge in [0.1, 0.15) is 16.5 Å². The van der Waals surface area contributed by atoms with Crippen molar-refractivity contribution in [3.63, 3.8) is 0 Å². The molecule has 3 heterocycles. The van der Waals surface area contributed by atoms with Crippen LogP contribution in [-0.2, 0) is 11.2 Å². The Morgan fingerprint density at radius 3 is 2.34 bits per heavy atom. The Kier molecular flexibility index (Phi) is 5.73. The van der Waals surface area contributed by atoms with E-state index in [1.54, 1.807) is 32.7 Å². The van der Waals surface area contributed by atoms with Crippen molar-refractivity contribution in [2.45, 2.75) is 13.3 Å². The van der Waals surface area contributed by atoms with Gasteiger partial charge >= 0.3 is 0 Å². The van der Waals surface area contributed by atoms with Crippen LogP contribution in [-0.4, -0.2) is 57.6 Å². The van der Waals surface area contributed by atoms with Crippen LogP contribution in [0.3, 0.4) is 0 Å². The maximum absolute atomic E-state index is 5.52. The summed E-state index contributed by atoms with van der Waals surface area (Å²) in [5.41, 5.74) is 2.21. The number of nitrogens with zero attached hydrogens (tertiary/aromatic N) is 3. The summed E-state index contributed by atoms with van der Waals surface area (Å²) in [6.07, 6.45) is 0.570. The van der Waals surface area contributed by atoms with E-state index >= 15 is 0 Å². The Morgan fingerprint density at radius 2 is 1.72 bits per heavy atom. The quantitative estimate of drug-likeness (QED) is 0.611. The number of ether oxygens (including phenoxy) is 4. The van der Waals surface area contributed by atoms with Gasteiger partial charge in [-0.1, -0.05) is 0 Å². The molecule has 8 heteroatoms. The molecule has 0 atom stereocenters. The minimum atomic E-state index is 0.570. The predicted molar refractivity (Wildman–Crippen MR) is 114 cm³/mol. The molecule has 154 valence electrons. The molecule has 29 heavy (non-hydrogen) atoms. The highest BCUT2D eigenvalue weighted by Crippen LogP contribution is 2.39. The number of hydrogen-bond acceptors (Lipinski definition) is 8. The van der Waals surface area contributed by atoms with Gasteiger partial charge in [-0.15, -0.1) is 11.3 Å². The van der Waals surface area contributed by atoms with Crippen LogP contribution in [0.2, 0.25) is 0 Å². The summed E-state index contributed by atoms with van der Waals surface area (Å²) >= 11 is 1.66. The molecule has 0 saturated carbocycles. The van der Waals surface area contributed by atoms with Crippen molar-refractivity contribution < 1.29 is 18.9 Å². The molecule has 1 saturated heterocycles. The predicted octanol–water partition coefficient (Wildman–Crippen LogP) is 3.45. The smallest absolute Gasteiger partial charge is 0.203 e. The zero-order valence-corrected chi connectivity index (χ0v) is 18.0. The summed E-state index contributed by atoms with van der Waals surface area (Å²) in [6.45, 7) is 5.23. The average molecular weight is 416 g/mol. The number of hydrogen-bond donors (Lipinski definition) is 0. The van der Waals surface area contributed by atoms with Gasteiger partial charge in [0, 0.05) is 19.5 Å². The number of thiophene rings is 1. The standard InChI is InChI=1S/C21H25N3O4S/c1-13-12-29-21-18(13)20(24-5-7-28-8-6-24)22-17(23-21)11-14-9-15(25-2)19(27-4)16(10-14)26-3/h9-10,12H,5-8,11H2,1-4H3. The van der Waals surface area contributed by atoms with Gasteiger partial charge in [-0.3, -0.25) is 0 Å². The first kappa shape index (κ1) is 19.7. The molecule has 0 bridgehead atoms. The Morgan fingerprint density at radius 1 is 1.03 bits per heavy atom. The summed E-state index contributed by atoms with van der Waals surface area (Å²) in [4.78, 5) is 13.1. The highest BCUT2D eigenvalue weighted by molar-refractivity contribution is 7.17. The number of benzene rings is 1. The SMILES string of the molecule is COc1cc(Cc2nc(N3CCOCC3)c3c(C)csc3n2)cc(OC)c1OC. The van der Waals surface area contributed by atoms with Crippen LogP contribution in [0.1, 0.15) is 17.0 Å². The second-order valence-electron chi connectivity index (χ2n) is 6.87. The van der Waals surface area contributed by atoms with Gasteiger partial charge < -0.3 is 23.8 Å².